The maximum Gasteiger partial charge on any atom is 0.264 e. The van der Waals surface area contributed by atoms with Crippen molar-refractivity contribution in [2.45, 2.75) is 31.6 Å². The summed E-state index contributed by atoms with van der Waals surface area (Å²) in [5.74, 6) is 0. The molecule has 0 saturated heterocycles. The highest BCUT2D eigenvalue weighted by atomic mass is 127. The Morgan fingerprint density at radius 1 is 1.09 bits per heavy atom. The van der Waals surface area contributed by atoms with E-state index in [0.717, 1.165) is 38.8 Å². The fraction of sp³-hybridized carbons (Fsp3) is 0.294. The quantitative estimate of drug-likeness (QED) is 0.673. The first-order chi connectivity index (χ1) is 10.4. The van der Waals surface area contributed by atoms with Crippen molar-refractivity contribution in [2.75, 3.05) is 10.8 Å². The zero-order valence-corrected chi connectivity index (χ0v) is 15.6. The Labute approximate surface area is 145 Å². The summed E-state index contributed by atoms with van der Waals surface area (Å²) in [6.45, 7) is 4.59. The lowest BCUT2D eigenvalue weighted by Crippen LogP contribution is -2.35. The molecule has 0 N–H and O–H groups in total. The minimum absolute atomic E-state index is 0.420. The van der Waals surface area contributed by atoms with Crippen LogP contribution in [0.5, 0.6) is 0 Å². The van der Waals surface area contributed by atoms with E-state index in [1.807, 2.05) is 31.2 Å². The Morgan fingerprint density at radius 2 is 1.86 bits per heavy atom. The van der Waals surface area contributed by atoms with E-state index < -0.39 is 10.0 Å². The summed E-state index contributed by atoms with van der Waals surface area (Å²) < 4.78 is 28.7. The highest BCUT2D eigenvalue weighted by Gasteiger charge is 2.34. The summed E-state index contributed by atoms with van der Waals surface area (Å²) in [5.41, 5.74) is 3.70. The van der Waals surface area contributed by atoms with Crippen molar-refractivity contribution in [1.29, 1.82) is 0 Å². The highest BCUT2D eigenvalue weighted by Crippen LogP contribution is 2.43. The zero-order chi connectivity index (χ0) is 15.9. The molecule has 0 amide bonds. The number of unbranched alkanes of at least 4 members (excludes halogenated alkanes) is 1. The minimum Gasteiger partial charge on any atom is -0.266 e. The minimum atomic E-state index is -3.47. The molecule has 1 aliphatic rings. The molecule has 0 radical (unpaired) electrons. The van der Waals surface area contributed by atoms with Gasteiger partial charge in [-0.2, -0.15) is 0 Å². The first kappa shape index (κ1) is 15.8. The van der Waals surface area contributed by atoms with Gasteiger partial charge in [-0.15, -0.1) is 0 Å². The third-order valence-corrected chi connectivity index (χ3v) is 6.48. The van der Waals surface area contributed by atoms with Gasteiger partial charge in [-0.05, 0) is 66.3 Å². The van der Waals surface area contributed by atoms with Gasteiger partial charge in [0.05, 0.1) is 10.6 Å². The highest BCUT2D eigenvalue weighted by molar-refractivity contribution is 14.1. The average molecular weight is 427 g/mol. The van der Waals surface area contributed by atoms with Crippen molar-refractivity contribution >= 4 is 38.3 Å². The third-order valence-electron chi connectivity index (χ3n) is 3.94. The van der Waals surface area contributed by atoms with E-state index in [4.69, 9.17) is 0 Å². The summed E-state index contributed by atoms with van der Waals surface area (Å²) >= 11 is 2.27. The second-order valence-corrected chi connectivity index (χ2v) is 8.67. The first-order valence-corrected chi connectivity index (χ1v) is 9.90. The zero-order valence-electron chi connectivity index (χ0n) is 12.6. The van der Waals surface area contributed by atoms with Gasteiger partial charge in [0.2, 0.25) is 0 Å². The molecule has 3 rings (SSSR count). The van der Waals surface area contributed by atoms with Crippen molar-refractivity contribution < 1.29 is 8.42 Å². The van der Waals surface area contributed by atoms with Crippen LogP contribution < -0.4 is 4.31 Å². The molecular formula is C17H18INO2S. The molecule has 1 aliphatic heterocycles. The predicted molar refractivity (Wildman–Crippen MR) is 98.8 cm³/mol. The van der Waals surface area contributed by atoms with E-state index in [1.165, 1.54) is 0 Å². The lowest BCUT2D eigenvalue weighted by atomic mass is 10.0. The number of fused-ring (bicyclic) bond motifs is 3. The number of nitrogens with zero attached hydrogens (tertiary/aromatic N) is 1. The molecule has 22 heavy (non-hydrogen) atoms. The van der Waals surface area contributed by atoms with Crippen LogP contribution >= 0.6 is 22.6 Å². The predicted octanol–water partition coefficient (Wildman–Crippen LogP) is 4.58. The van der Waals surface area contributed by atoms with Crippen molar-refractivity contribution in [3.8, 4) is 11.1 Å². The van der Waals surface area contributed by atoms with Gasteiger partial charge in [-0.25, -0.2) is 8.42 Å². The molecule has 0 bridgehead atoms. The Hall–Kier alpha value is -1.08. The average Bonchev–Trinajstić information content (AvgIpc) is 2.47. The van der Waals surface area contributed by atoms with Crippen LogP contribution in [0.4, 0.5) is 5.69 Å². The van der Waals surface area contributed by atoms with E-state index >= 15 is 0 Å². The lowest BCUT2D eigenvalue weighted by Gasteiger charge is -2.32. The van der Waals surface area contributed by atoms with E-state index in [0.29, 0.717) is 11.4 Å². The van der Waals surface area contributed by atoms with Crippen LogP contribution in [-0.2, 0) is 10.0 Å². The van der Waals surface area contributed by atoms with Gasteiger partial charge in [0.1, 0.15) is 0 Å². The number of halogens is 1. The molecule has 0 aromatic heterocycles. The molecule has 5 heteroatoms. The molecule has 0 aliphatic carbocycles. The maximum absolute atomic E-state index is 13.0. The summed E-state index contributed by atoms with van der Waals surface area (Å²) in [4.78, 5) is 0.420. The van der Waals surface area contributed by atoms with Gasteiger partial charge in [0.15, 0.2) is 0 Å². The fourth-order valence-corrected chi connectivity index (χ4v) is 5.01. The second kappa shape index (κ2) is 5.85. The van der Waals surface area contributed by atoms with E-state index in [1.54, 1.807) is 10.4 Å². The summed E-state index contributed by atoms with van der Waals surface area (Å²) in [6.07, 6.45) is 1.82. The van der Waals surface area contributed by atoms with E-state index in [2.05, 4.69) is 35.6 Å². The monoisotopic (exact) mass is 427 g/mol. The normalized spacial score (nSPS) is 15.3. The van der Waals surface area contributed by atoms with E-state index in [9.17, 15) is 8.42 Å². The van der Waals surface area contributed by atoms with Crippen LogP contribution in [0, 0.1) is 10.5 Å². The van der Waals surface area contributed by atoms with Gasteiger partial charge in [-0.3, -0.25) is 4.31 Å². The number of anilines is 1. The number of aryl methyl sites for hydroxylation is 1. The molecule has 0 saturated carbocycles. The first-order valence-electron chi connectivity index (χ1n) is 7.38. The molecule has 1 heterocycles. The van der Waals surface area contributed by atoms with Gasteiger partial charge in [0.25, 0.3) is 10.0 Å². The lowest BCUT2D eigenvalue weighted by molar-refractivity contribution is 0.588. The van der Waals surface area contributed by atoms with Gasteiger partial charge in [0, 0.05) is 21.2 Å². The van der Waals surface area contributed by atoms with Crippen LogP contribution in [-0.4, -0.2) is 15.0 Å². The molecule has 3 nitrogen and oxygen atoms in total. The molecule has 116 valence electrons. The largest absolute Gasteiger partial charge is 0.266 e. The van der Waals surface area contributed by atoms with Crippen LogP contribution in [0.1, 0.15) is 25.3 Å². The second-order valence-electron chi connectivity index (χ2n) is 5.59. The maximum atomic E-state index is 13.0. The van der Waals surface area contributed by atoms with Crippen LogP contribution in [0.25, 0.3) is 11.1 Å². The number of hydrogen-bond donors (Lipinski definition) is 0. The van der Waals surface area contributed by atoms with Crippen molar-refractivity contribution in [1.82, 2.24) is 0 Å². The molecular weight excluding hydrogens is 409 g/mol. The third kappa shape index (κ3) is 2.54. The Balaban J connectivity index is 2.30. The summed E-state index contributed by atoms with van der Waals surface area (Å²) in [5, 5.41) is 0. The Bertz CT molecular complexity index is 831. The topological polar surface area (TPSA) is 37.4 Å². The van der Waals surface area contributed by atoms with Crippen molar-refractivity contribution in [3.63, 3.8) is 0 Å². The molecule has 2 aromatic carbocycles. The molecule has 0 spiro atoms. The summed E-state index contributed by atoms with van der Waals surface area (Å²) in [7, 11) is -3.47. The molecule has 2 aromatic rings. The summed E-state index contributed by atoms with van der Waals surface area (Å²) in [6, 6.07) is 11.5. The SMILES string of the molecule is CCCCN1c2ccc(I)cc2-c2cc(C)ccc2S1(=O)=O. The number of hydrogen-bond acceptors (Lipinski definition) is 2. The smallest absolute Gasteiger partial charge is 0.264 e. The van der Waals surface area contributed by atoms with Crippen molar-refractivity contribution in [2.24, 2.45) is 0 Å². The van der Waals surface area contributed by atoms with Crippen LogP contribution in [0.3, 0.4) is 0 Å². The molecule has 0 unspecified atom stereocenters. The van der Waals surface area contributed by atoms with E-state index in [-0.39, 0.29) is 0 Å². The standard InChI is InChI=1S/C17H18INO2S/c1-3-4-9-19-16-7-6-13(18)11-14(16)15-10-12(2)5-8-17(15)22(19,20)21/h5-8,10-11H,3-4,9H2,1-2H3. The van der Waals surface area contributed by atoms with Gasteiger partial charge < -0.3 is 0 Å². The molecule has 0 fully saturated rings. The van der Waals surface area contributed by atoms with Crippen LogP contribution in [0.2, 0.25) is 0 Å². The van der Waals surface area contributed by atoms with Gasteiger partial charge in [-0.1, -0.05) is 25.0 Å². The Morgan fingerprint density at radius 3 is 2.59 bits per heavy atom. The number of benzene rings is 2. The van der Waals surface area contributed by atoms with Crippen molar-refractivity contribution in [3.05, 3.63) is 45.5 Å². The molecule has 0 atom stereocenters. The van der Waals surface area contributed by atoms with Crippen LogP contribution in [0.15, 0.2) is 41.3 Å². The van der Waals surface area contributed by atoms with Gasteiger partial charge >= 0.3 is 0 Å². The number of sulfonamides is 1. The fourth-order valence-electron chi connectivity index (χ4n) is 2.81. The number of rotatable bonds is 3. The Kier molecular flexibility index (Phi) is 4.20.